The molecule has 0 aliphatic carbocycles. The highest BCUT2D eigenvalue weighted by Gasteiger charge is 2.17. The number of ether oxygens (including phenoxy) is 2. The summed E-state index contributed by atoms with van der Waals surface area (Å²) in [5.41, 5.74) is 2.45. The molecule has 20 heavy (non-hydrogen) atoms. The summed E-state index contributed by atoms with van der Waals surface area (Å²) in [6.07, 6.45) is 0. The fraction of sp³-hybridized carbons (Fsp3) is 0.533. The third-order valence-electron chi connectivity index (χ3n) is 3.51. The molecule has 0 radical (unpaired) electrons. The lowest BCUT2D eigenvalue weighted by Crippen LogP contribution is -2.34. The Morgan fingerprint density at radius 3 is 2.85 bits per heavy atom. The summed E-state index contributed by atoms with van der Waals surface area (Å²) in [6, 6.07) is 6.13. The van der Waals surface area contributed by atoms with Crippen LogP contribution in [0.25, 0.3) is 0 Å². The lowest BCUT2D eigenvalue weighted by Gasteiger charge is -2.20. The van der Waals surface area contributed by atoms with Crippen LogP contribution in [0, 0.1) is 13.8 Å². The van der Waals surface area contributed by atoms with E-state index in [2.05, 4.69) is 29.8 Å². The molecule has 1 aromatic carbocycles. The maximum absolute atomic E-state index is 5.90. The first kappa shape index (κ1) is 16.8. The average molecular weight is 299 g/mol. The normalized spacial score (nSPS) is 13.9. The molecule has 5 heteroatoms. The van der Waals surface area contributed by atoms with Crippen molar-refractivity contribution in [3.8, 4) is 5.75 Å². The Labute approximate surface area is 127 Å². The Kier molecular flexibility index (Phi) is 6.82. The molecule has 0 fully saturated rings. The second-order valence-electron chi connectivity index (χ2n) is 4.76. The number of aliphatic imine (C=N–C) groups is 1. The molecule has 0 spiro atoms. The number of hydrogen-bond acceptors (Lipinski definition) is 4. The minimum absolute atomic E-state index is 0. The summed E-state index contributed by atoms with van der Waals surface area (Å²) in [7, 11) is 1.72. The number of rotatable bonds is 6. The average Bonchev–Trinajstić information content (AvgIpc) is 2.85. The quantitative estimate of drug-likeness (QED) is 0.809. The fourth-order valence-corrected chi connectivity index (χ4v) is 2.13. The Hall–Kier alpha value is -1.26. The first-order valence-corrected chi connectivity index (χ1v) is 6.68. The van der Waals surface area contributed by atoms with Crippen LogP contribution in [-0.2, 0) is 4.74 Å². The topological polar surface area (TPSA) is 34.1 Å². The van der Waals surface area contributed by atoms with Crippen LogP contribution in [0.1, 0.15) is 11.1 Å². The van der Waals surface area contributed by atoms with Crippen molar-refractivity contribution in [2.45, 2.75) is 13.8 Å². The van der Waals surface area contributed by atoms with Crippen molar-refractivity contribution in [2.75, 3.05) is 40.0 Å². The van der Waals surface area contributed by atoms with E-state index in [9.17, 15) is 0 Å². The van der Waals surface area contributed by atoms with Gasteiger partial charge in [-0.1, -0.05) is 12.1 Å². The molecule has 2 rings (SSSR count). The zero-order valence-corrected chi connectivity index (χ0v) is 13.2. The monoisotopic (exact) mass is 298 g/mol. The Morgan fingerprint density at radius 1 is 1.30 bits per heavy atom. The lowest BCUT2D eigenvalue weighted by molar-refractivity contribution is 0.177. The van der Waals surface area contributed by atoms with E-state index in [-0.39, 0.29) is 12.4 Å². The summed E-state index contributed by atoms with van der Waals surface area (Å²) in [5, 5.41) is 0. The maximum Gasteiger partial charge on any atom is 0.145 e. The predicted molar refractivity (Wildman–Crippen MR) is 84.4 cm³/mol. The third-order valence-corrected chi connectivity index (χ3v) is 3.51. The van der Waals surface area contributed by atoms with Crippen molar-refractivity contribution in [1.82, 2.24) is 4.90 Å². The fourth-order valence-electron chi connectivity index (χ4n) is 2.13. The zero-order chi connectivity index (χ0) is 13.7. The molecular formula is C15H23ClN2O2. The van der Waals surface area contributed by atoms with E-state index in [1.807, 2.05) is 12.1 Å². The van der Waals surface area contributed by atoms with E-state index < -0.39 is 0 Å². The van der Waals surface area contributed by atoms with Crippen LogP contribution in [0.15, 0.2) is 23.2 Å². The van der Waals surface area contributed by atoms with Gasteiger partial charge in [0.05, 0.1) is 13.2 Å². The van der Waals surface area contributed by atoms with Crippen LogP contribution >= 0.6 is 12.4 Å². The number of halogens is 1. The SMILES string of the molecule is COCCN1CCN=C1COc1cccc(C)c1C.Cl. The number of aryl methyl sites for hydroxylation is 1. The zero-order valence-electron chi connectivity index (χ0n) is 12.4. The molecule has 1 aliphatic rings. The molecule has 1 aromatic rings. The highest BCUT2D eigenvalue weighted by atomic mass is 35.5. The standard InChI is InChI=1S/C15H22N2O2.ClH/c1-12-5-4-6-14(13(12)2)19-11-15-16-7-8-17(15)9-10-18-3;/h4-6H,7-11H2,1-3H3;1H. The molecule has 0 bridgehead atoms. The van der Waals surface area contributed by atoms with Gasteiger partial charge in [0.2, 0.25) is 0 Å². The molecule has 0 unspecified atom stereocenters. The highest BCUT2D eigenvalue weighted by Crippen LogP contribution is 2.20. The minimum Gasteiger partial charge on any atom is -0.485 e. The molecule has 1 aliphatic heterocycles. The molecule has 112 valence electrons. The molecular weight excluding hydrogens is 276 g/mol. The summed E-state index contributed by atoms with van der Waals surface area (Å²) in [6.45, 7) is 8.15. The van der Waals surface area contributed by atoms with E-state index in [0.29, 0.717) is 6.61 Å². The number of benzene rings is 1. The lowest BCUT2D eigenvalue weighted by atomic mass is 10.1. The molecule has 0 amide bonds. The molecule has 0 N–H and O–H groups in total. The second kappa shape index (κ2) is 8.12. The van der Waals surface area contributed by atoms with Gasteiger partial charge in [-0.3, -0.25) is 4.99 Å². The van der Waals surface area contributed by atoms with Gasteiger partial charge in [0.15, 0.2) is 0 Å². The largest absolute Gasteiger partial charge is 0.485 e. The molecule has 4 nitrogen and oxygen atoms in total. The van der Waals surface area contributed by atoms with Crippen LogP contribution in [0.4, 0.5) is 0 Å². The van der Waals surface area contributed by atoms with Crippen molar-refractivity contribution >= 4 is 18.2 Å². The third kappa shape index (κ3) is 4.12. The summed E-state index contributed by atoms with van der Waals surface area (Å²) < 4.78 is 11.0. The van der Waals surface area contributed by atoms with Crippen LogP contribution in [0.3, 0.4) is 0 Å². The van der Waals surface area contributed by atoms with Gasteiger partial charge in [0.25, 0.3) is 0 Å². The van der Waals surface area contributed by atoms with Crippen molar-refractivity contribution in [1.29, 1.82) is 0 Å². The summed E-state index contributed by atoms with van der Waals surface area (Å²) in [4.78, 5) is 6.73. The first-order chi connectivity index (χ1) is 9.22. The predicted octanol–water partition coefficient (Wildman–Crippen LogP) is 2.46. The number of amidine groups is 1. The molecule has 0 atom stereocenters. The van der Waals surface area contributed by atoms with Gasteiger partial charge < -0.3 is 14.4 Å². The van der Waals surface area contributed by atoms with Crippen LogP contribution in [0.2, 0.25) is 0 Å². The first-order valence-electron chi connectivity index (χ1n) is 6.68. The van der Waals surface area contributed by atoms with E-state index in [1.54, 1.807) is 7.11 Å². The van der Waals surface area contributed by atoms with Crippen molar-refractivity contribution in [3.05, 3.63) is 29.3 Å². The van der Waals surface area contributed by atoms with Crippen LogP contribution < -0.4 is 4.74 Å². The molecule has 0 aromatic heterocycles. The van der Waals surface area contributed by atoms with Crippen LogP contribution in [-0.4, -0.2) is 50.7 Å². The van der Waals surface area contributed by atoms with E-state index >= 15 is 0 Å². The smallest absolute Gasteiger partial charge is 0.145 e. The number of methoxy groups -OCH3 is 1. The van der Waals surface area contributed by atoms with E-state index in [1.165, 1.54) is 11.1 Å². The second-order valence-corrected chi connectivity index (χ2v) is 4.76. The van der Waals surface area contributed by atoms with Gasteiger partial charge in [-0.25, -0.2) is 0 Å². The van der Waals surface area contributed by atoms with Crippen molar-refractivity contribution in [2.24, 2.45) is 4.99 Å². The van der Waals surface area contributed by atoms with Crippen molar-refractivity contribution in [3.63, 3.8) is 0 Å². The van der Waals surface area contributed by atoms with Gasteiger partial charge in [0.1, 0.15) is 18.2 Å². The van der Waals surface area contributed by atoms with Crippen LogP contribution in [0.5, 0.6) is 5.75 Å². The van der Waals surface area contributed by atoms with Gasteiger partial charge in [-0.05, 0) is 31.0 Å². The minimum atomic E-state index is 0. The van der Waals surface area contributed by atoms with Gasteiger partial charge >= 0.3 is 0 Å². The Morgan fingerprint density at radius 2 is 2.10 bits per heavy atom. The van der Waals surface area contributed by atoms with Gasteiger partial charge in [0, 0.05) is 20.2 Å². The summed E-state index contributed by atoms with van der Waals surface area (Å²) in [5.74, 6) is 1.97. The van der Waals surface area contributed by atoms with Crippen molar-refractivity contribution < 1.29 is 9.47 Å². The van der Waals surface area contributed by atoms with E-state index in [0.717, 1.165) is 37.8 Å². The highest BCUT2D eigenvalue weighted by molar-refractivity contribution is 5.85. The van der Waals surface area contributed by atoms with Gasteiger partial charge in [-0.15, -0.1) is 12.4 Å². The Bertz CT molecular complexity index is 463. The number of hydrogen-bond donors (Lipinski definition) is 0. The molecule has 1 heterocycles. The van der Waals surface area contributed by atoms with Gasteiger partial charge in [-0.2, -0.15) is 0 Å². The Balaban J connectivity index is 0.00000200. The molecule has 0 saturated carbocycles. The maximum atomic E-state index is 5.90. The van der Waals surface area contributed by atoms with E-state index in [4.69, 9.17) is 9.47 Å². The molecule has 0 saturated heterocycles. The summed E-state index contributed by atoms with van der Waals surface area (Å²) >= 11 is 0. The number of nitrogens with zero attached hydrogens (tertiary/aromatic N) is 2.